The second-order valence-corrected chi connectivity index (χ2v) is 12.1. The van der Waals surface area contributed by atoms with Crippen LogP contribution in [-0.4, -0.2) is 87.9 Å². The minimum atomic E-state index is -3.77. The van der Waals surface area contributed by atoms with Crippen LogP contribution in [0.1, 0.15) is 32.6 Å². The van der Waals surface area contributed by atoms with Crippen molar-refractivity contribution in [3.8, 4) is 5.75 Å². The summed E-state index contributed by atoms with van der Waals surface area (Å²) in [5.41, 5.74) is 5.16. The van der Waals surface area contributed by atoms with Crippen molar-refractivity contribution in [1.82, 2.24) is 19.8 Å². The number of nitrogens with zero attached hydrogens (tertiary/aromatic N) is 2. The Balaban J connectivity index is 1.49. The van der Waals surface area contributed by atoms with Crippen molar-refractivity contribution in [2.75, 3.05) is 52.4 Å². The molecule has 13 heteroatoms. The van der Waals surface area contributed by atoms with Gasteiger partial charge in [-0.3, -0.25) is 14.5 Å². The Kier molecular flexibility index (Phi) is 10.6. The number of ether oxygens (including phenoxy) is 1. The summed E-state index contributed by atoms with van der Waals surface area (Å²) in [4.78, 5) is 25.1. The van der Waals surface area contributed by atoms with Gasteiger partial charge in [-0.05, 0) is 44.0 Å². The molecule has 0 bridgehead atoms. The van der Waals surface area contributed by atoms with Gasteiger partial charge in [0.1, 0.15) is 6.10 Å². The van der Waals surface area contributed by atoms with Gasteiger partial charge in [0, 0.05) is 52.1 Å². The molecular weight excluding hydrogens is 529 g/mol. The van der Waals surface area contributed by atoms with Crippen molar-refractivity contribution < 1.29 is 22.7 Å². The maximum atomic E-state index is 13.2. The zero-order valence-electron chi connectivity index (χ0n) is 20.5. The predicted molar refractivity (Wildman–Crippen MR) is 139 cm³/mol. The number of rotatable bonds is 11. The Morgan fingerprint density at radius 3 is 2.33 bits per heavy atom. The monoisotopic (exact) mass is 563 g/mol. The molecule has 0 spiro atoms. The number of hydrogen-bond acceptors (Lipinski definition) is 7. The number of benzene rings is 1. The Hall–Kier alpha value is -1.63. The van der Waals surface area contributed by atoms with Crippen molar-refractivity contribution in [3.05, 3.63) is 22.2 Å². The average Bonchev–Trinajstić information content (AvgIpc) is 2.81. The van der Waals surface area contributed by atoms with Crippen molar-refractivity contribution in [2.24, 2.45) is 11.7 Å². The average molecular weight is 565 g/mol. The van der Waals surface area contributed by atoms with Gasteiger partial charge >= 0.3 is 0 Å². The number of carbonyl (C=O) groups excluding carboxylic acids is 2. The van der Waals surface area contributed by atoms with Gasteiger partial charge in [0.05, 0.1) is 14.9 Å². The van der Waals surface area contributed by atoms with Gasteiger partial charge in [-0.25, -0.2) is 8.42 Å². The van der Waals surface area contributed by atoms with Crippen LogP contribution in [0.25, 0.3) is 0 Å². The van der Waals surface area contributed by atoms with Gasteiger partial charge in [-0.2, -0.15) is 4.31 Å². The molecule has 2 heterocycles. The van der Waals surface area contributed by atoms with E-state index >= 15 is 0 Å². The van der Waals surface area contributed by atoms with E-state index in [4.69, 9.17) is 33.7 Å². The number of carbonyl (C=O) groups is 2. The van der Waals surface area contributed by atoms with Crippen LogP contribution in [0.15, 0.2) is 17.0 Å². The topological polar surface area (TPSA) is 134 Å². The molecule has 2 aliphatic heterocycles. The molecule has 0 aliphatic carbocycles. The lowest BCUT2D eigenvalue weighted by atomic mass is 10.0. The Labute approximate surface area is 222 Å². The van der Waals surface area contributed by atoms with Crippen molar-refractivity contribution in [3.63, 3.8) is 0 Å². The Morgan fingerprint density at radius 2 is 1.75 bits per heavy atom. The summed E-state index contributed by atoms with van der Waals surface area (Å²) in [5.74, 6) is -0.344. The van der Waals surface area contributed by atoms with Gasteiger partial charge in [0.25, 0.3) is 0 Å². The third-order valence-corrected chi connectivity index (χ3v) is 8.78. The fourth-order valence-electron chi connectivity index (χ4n) is 4.38. The summed E-state index contributed by atoms with van der Waals surface area (Å²) >= 11 is 12.8. The van der Waals surface area contributed by atoms with Crippen molar-refractivity contribution >= 4 is 45.0 Å². The normalized spacial score (nSPS) is 19.1. The van der Waals surface area contributed by atoms with Crippen LogP contribution >= 0.6 is 23.2 Å². The molecule has 0 aromatic heterocycles. The number of hydrogen-bond donors (Lipinski definition) is 3. The van der Waals surface area contributed by atoms with Gasteiger partial charge < -0.3 is 21.1 Å². The molecule has 10 nitrogen and oxygen atoms in total. The van der Waals surface area contributed by atoms with E-state index in [1.807, 2.05) is 0 Å². The SMILES string of the molecule is C[C@@H](CC(N)=O)CC(=O)NCCN1CCN(S(=O)(=O)c2cc(Cl)c(OC3CCNCC3)c(Cl)c2)CC1. The van der Waals surface area contributed by atoms with Crippen LogP contribution in [0, 0.1) is 5.92 Å². The highest BCUT2D eigenvalue weighted by atomic mass is 35.5. The second-order valence-electron chi connectivity index (χ2n) is 9.36. The number of piperazine rings is 1. The zero-order chi connectivity index (χ0) is 26.3. The lowest BCUT2D eigenvalue weighted by molar-refractivity contribution is -0.122. The first-order chi connectivity index (χ1) is 17.1. The van der Waals surface area contributed by atoms with E-state index < -0.39 is 15.9 Å². The minimum Gasteiger partial charge on any atom is -0.487 e. The number of nitrogens with two attached hydrogens (primary N) is 1. The standard InChI is InChI=1S/C23H35Cl2N5O5S/c1-16(12-21(26)31)13-22(32)28-6-7-29-8-10-30(11-9-29)36(33,34)18-14-19(24)23(20(25)15-18)35-17-2-4-27-5-3-17/h14-17,27H,2-13H2,1H3,(H2,26,31)(H,28,32)/t16-/m0/s1. The molecule has 2 aliphatic rings. The molecule has 36 heavy (non-hydrogen) atoms. The highest BCUT2D eigenvalue weighted by molar-refractivity contribution is 7.89. The number of nitrogens with one attached hydrogen (secondary N) is 2. The zero-order valence-corrected chi connectivity index (χ0v) is 22.8. The number of primary amides is 1. The number of sulfonamides is 1. The summed E-state index contributed by atoms with van der Waals surface area (Å²) in [5, 5.41) is 6.46. The fourth-order valence-corrected chi connectivity index (χ4v) is 6.56. The molecule has 2 fully saturated rings. The molecule has 2 saturated heterocycles. The summed E-state index contributed by atoms with van der Waals surface area (Å²) in [6.45, 7) is 6.24. The molecule has 1 aromatic rings. The fraction of sp³-hybridized carbons (Fsp3) is 0.652. The highest BCUT2D eigenvalue weighted by Crippen LogP contribution is 2.37. The summed E-state index contributed by atoms with van der Waals surface area (Å²) in [6.07, 6.45) is 2.06. The summed E-state index contributed by atoms with van der Waals surface area (Å²) < 4.78 is 33.9. The predicted octanol–water partition coefficient (Wildman–Crippen LogP) is 1.45. The molecular formula is C23H35Cl2N5O5S. The van der Waals surface area contributed by atoms with Crippen LogP contribution < -0.4 is 21.1 Å². The molecule has 0 unspecified atom stereocenters. The van der Waals surface area contributed by atoms with Crippen molar-refractivity contribution in [2.45, 2.75) is 43.6 Å². The Bertz CT molecular complexity index is 1000. The van der Waals surface area contributed by atoms with Crippen LogP contribution in [0.4, 0.5) is 0 Å². The third-order valence-electron chi connectivity index (χ3n) is 6.35. The first-order valence-corrected chi connectivity index (χ1v) is 14.4. The molecule has 4 N–H and O–H groups in total. The molecule has 1 atom stereocenters. The first-order valence-electron chi connectivity index (χ1n) is 12.2. The largest absolute Gasteiger partial charge is 0.487 e. The minimum absolute atomic E-state index is 0.0138. The quantitative estimate of drug-likeness (QED) is 0.371. The maximum absolute atomic E-state index is 13.2. The van der Waals surface area contributed by atoms with E-state index in [0.29, 0.717) is 45.0 Å². The van der Waals surface area contributed by atoms with Crippen LogP contribution in [0.3, 0.4) is 0 Å². The maximum Gasteiger partial charge on any atom is 0.243 e. The van der Waals surface area contributed by atoms with E-state index in [9.17, 15) is 18.0 Å². The van der Waals surface area contributed by atoms with E-state index in [1.54, 1.807) is 6.92 Å². The molecule has 2 amide bonds. The van der Waals surface area contributed by atoms with Crippen molar-refractivity contribution in [1.29, 1.82) is 0 Å². The van der Waals surface area contributed by atoms with E-state index in [0.717, 1.165) is 25.9 Å². The molecule has 202 valence electrons. The Morgan fingerprint density at radius 1 is 1.14 bits per heavy atom. The number of amides is 2. The second kappa shape index (κ2) is 13.3. The molecule has 0 saturated carbocycles. The van der Waals surface area contributed by atoms with E-state index in [1.165, 1.54) is 16.4 Å². The third kappa shape index (κ3) is 8.19. The molecule has 1 aromatic carbocycles. The smallest absolute Gasteiger partial charge is 0.243 e. The van der Waals surface area contributed by atoms with Crippen LogP contribution in [0.5, 0.6) is 5.75 Å². The van der Waals surface area contributed by atoms with E-state index in [-0.39, 0.29) is 45.7 Å². The number of piperidine rings is 1. The van der Waals surface area contributed by atoms with Crippen LogP contribution in [-0.2, 0) is 19.6 Å². The van der Waals surface area contributed by atoms with Gasteiger partial charge in [0.15, 0.2) is 5.75 Å². The van der Waals surface area contributed by atoms with E-state index in [2.05, 4.69) is 15.5 Å². The molecule has 3 rings (SSSR count). The lowest BCUT2D eigenvalue weighted by Gasteiger charge is -2.34. The highest BCUT2D eigenvalue weighted by Gasteiger charge is 2.30. The van der Waals surface area contributed by atoms with Crippen LogP contribution in [0.2, 0.25) is 10.0 Å². The summed E-state index contributed by atoms with van der Waals surface area (Å²) in [7, 11) is -3.77. The number of halogens is 2. The van der Waals surface area contributed by atoms with Gasteiger partial charge in [-0.1, -0.05) is 30.1 Å². The van der Waals surface area contributed by atoms with Gasteiger partial charge in [0.2, 0.25) is 21.8 Å². The lowest BCUT2D eigenvalue weighted by Crippen LogP contribution is -2.50. The molecule has 0 radical (unpaired) electrons. The first kappa shape index (κ1) is 28.9. The van der Waals surface area contributed by atoms with Gasteiger partial charge in [-0.15, -0.1) is 0 Å². The summed E-state index contributed by atoms with van der Waals surface area (Å²) in [6, 6.07) is 2.81.